The largest absolute Gasteiger partial charge is 0.340 e. The van der Waals surface area contributed by atoms with Crippen LogP contribution in [0.4, 0.5) is 4.39 Å². The molecule has 2 aromatic rings. The Bertz CT molecular complexity index is 605. The van der Waals surface area contributed by atoms with Crippen LogP contribution in [0.2, 0.25) is 0 Å². The molecule has 3 heterocycles. The van der Waals surface area contributed by atoms with Crippen LogP contribution < -0.4 is 5.32 Å². The minimum Gasteiger partial charge on any atom is -0.340 e. The van der Waals surface area contributed by atoms with Gasteiger partial charge in [-0.2, -0.15) is 0 Å². The van der Waals surface area contributed by atoms with Crippen LogP contribution in [0.5, 0.6) is 0 Å². The zero-order chi connectivity index (χ0) is 14.8. The first kappa shape index (κ1) is 14.2. The van der Waals surface area contributed by atoms with Gasteiger partial charge in [0.15, 0.2) is 5.82 Å². The summed E-state index contributed by atoms with van der Waals surface area (Å²) in [5.74, 6) is 1.47. The van der Waals surface area contributed by atoms with Gasteiger partial charge in [0.2, 0.25) is 0 Å². The Labute approximate surface area is 124 Å². The number of nitrogens with one attached hydrogen (secondary N) is 2. The number of aromatic nitrogens is 3. The first-order valence-electron chi connectivity index (χ1n) is 7.60. The van der Waals surface area contributed by atoms with Crippen LogP contribution in [-0.2, 0) is 6.42 Å². The minimum absolute atomic E-state index is 0.326. The average Bonchev–Trinajstić information content (AvgIpc) is 2.92. The Balaban J connectivity index is 1.96. The van der Waals surface area contributed by atoms with Gasteiger partial charge < -0.3 is 10.3 Å². The van der Waals surface area contributed by atoms with E-state index in [-0.39, 0.29) is 5.82 Å². The van der Waals surface area contributed by atoms with Gasteiger partial charge in [-0.1, -0.05) is 13.8 Å². The molecule has 1 aliphatic rings. The Morgan fingerprint density at radius 2 is 2.24 bits per heavy atom. The van der Waals surface area contributed by atoms with E-state index in [0.29, 0.717) is 17.5 Å². The molecule has 0 saturated carbocycles. The molecule has 5 heteroatoms. The molecular weight excluding hydrogens is 267 g/mol. The van der Waals surface area contributed by atoms with Gasteiger partial charge in [-0.25, -0.2) is 14.4 Å². The molecule has 3 rings (SSSR count). The number of rotatable bonds is 3. The fourth-order valence-electron chi connectivity index (χ4n) is 3.06. The Hall–Kier alpha value is -1.75. The number of imidazole rings is 1. The number of aryl methyl sites for hydroxylation is 1. The number of piperidine rings is 1. The maximum Gasteiger partial charge on any atom is 0.156 e. The van der Waals surface area contributed by atoms with E-state index in [0.717, 1.165) is 37.4 Å². The second-order valence-electron chi connectivity index (χ2n) is 5.74. The van der Waals surface area contributed by atoms with Crippen LogP contribution in [0.25, 0.3) is 11.5 Å². The summed E-state index contributed by atoms with van der Waals surface area (Å²) in [6.45, 7) is 6.46. The van der Waals surface area contributed by atoms with E-state index in [4.69, 9.17) is 4.98 Å². The van der Waals surface area contributed by atoms with Gasteiger partial charge in [-0.3, -0.25) is 0 Å². The highest BCUT2D eigenvalue weighted by Gasteiger charge is 2.27. The summed E-state index contributed by atoms with van der Waals surface area (Å²) in [7, 11) is 0. The Morgan fingerprint density at radius 3 is 2.90 bits per heavy atom. The van der Waals surface area contributed by atoms with E-state index in [1.54, 1.807) is 6.07 Å². The lowest BCUT2D eigenvalue weighted by Gasteiger charge is -2.28. The van der Waals surface area contributed by atoms with Crippen LogP contribution in [-0.4, -0.2) is 28.0 Å². The number of hydrogen-bond acceptors (Lipinski definition) is 3. The molecule has 0 amide bonds. The van der Waals surface area contributed by atoms with Crippen molar-refractivity contribution in [2.75, 3.05) is 13.1 Å². The number of nitrogens with zero attached hydrogens (tertiary/aromatic N) is 2. The summed E-state index contributed by atoms with van der Waals surface area (Å²) in [5.41, 5.74) is 3.03. The molecule has 112 valence electrons. The van der Waals surface area contributed by atoms with Gasteiger partial charge in [0.1, 0.15) is 11.5 Å². The van der Waals surface area contributed by atoms with Crippen molar-refractivity contribution in [2.45, 2.75) is 32.6 Å². The molecule has 0 aliphatic carbocycles. The number of hydrogen-bond donors (Lipinski definition) is 2. The summed E-state index contributed by atoms with van der Waals surface area (Å²) in [6.07, 6.45) is 3.26. The van der Waals surface area contributed by atoms with Crippen LogP contribution in [0.3, 0.4) is 0 Å². The molecule has 0 aromatic carbocycles. The van der Waals surface area contributed by atoms with E-state index in [2.05, 4.69) is 29.1 Å². The molecule has 0 radical (unpaired) electrons. The molecule has 2 unspecified atom stereocenters. The molecule has 4 nitrogen and oxygen atoms in total. The topological polar surface area (TPSA) is 53.6 Å². The lowest BCUT2D eigenvalue weighted by atomic mass is 9.84. The third kappa shape index (κ3) is 2.83. The van der Waals surface area contributed by atoms with Crippen LogP contribution in [0, 0.1) is 11.7 Å². The van der Waals surface area contributed by atoms with E-state index in [1.807, 2.05) is 0 Å². The fraction of sp³-hybridized carbons (Fsp3) is 0.500. The summed E-state index contributed by atoms with van der Waals surface area (Å²) in [4.78, 5) is 12.3. The monoisotopic (exact) mass is 288 g/mol. The molecule has 2 aromatic heterocycles. The number of aromatic amines is 1. The van der Waals surface area contributed by atoms with Crippen molar-refractivity contribution in [2.24, 2.45) is 5.92 Å². The zero-order valence-electron chi connectivity index (χ0n) is 12.5. The highest BCUT2D eigenvalue weighted by molar-refractivity contribution is 5.50. The lowest BCUT2D eigenvalue weighted by Crippen LogP contribution is -2.34. The van der Waals surface area contributed by atoms with Crippen molar-refractivity contribution in [3.63, 3.8) is 0 Å². The SMILES string of the molecule is CCc1[nH]c(-c2ccc(F)cn2)nc1C1CCNCC1C. The standard InChI is InChI=1S/C16H21FN4/c1-3-13-15(12-6-7-18-8-10(12)2)21-16(20-13)14-5-4-11(17)9-19-14/h4-5,9-10,12,18H,3,6-8H2,1-2H3,(H,20,21). The molecule has 0 bridgehead atoms. The highest BCUT2D eigenvalue weighted by atomic mass is 19.1. The smallest absolute Gasteiger partial charge is 0.156 e. The van der Waals surface area contributed by atoms with Crippen LogP contribution in [0.15, 0.2) is 18.3 Å². The lowest BCUT2D eigenvalue weighted by molar-refractivity contribution is 0.343. The first-order valence-corrected chi connectivity index (χ1v) is 7.60. The molecule has 1 fully saturated rings. The zero-order valence-corrected chi connectivity index (χ0v) is 12.5. The minimum atomic E-state index is -0.326. The van der Waals surface area contributed by atoms with E-state index in [9.17, 15) is 4.39 Å². The van der Waals surface area contributed by atoms with Gasteiger partial charge in [-0.05, 0) is 44.0 Å². The van der Waals surface area contributed by atoms with E-state index >= 15 is 0 Å². The van der Waals surface area contributed by atoms with Crippen LogP contribution >= 0.6 is 0 Å². The second kappa shape index (κ2) is 5.93. The van der Waals surface area contributed by atoms with Crippen molar-refractivity contribution in [3.05, 3.63) is 35.5 Å². The third-order valence-corrected chi connectivity index (χ3v) is 4.27. The summed E-state index contributed by atoms with van der Waals surface area (Å²) >= 11 is 0. The predicted octanol–water partition coefficient (Wildman–Crippen LogP) is 2.89. The molecule has 21 heavy (non-hydrogen) atoms. The van der Waals surface area contributed by atoms with Crippen molar-refractivity contribution in [1.29, 1.82) is 0 Å². The van der Waals surface area contributed by atoms with E-state index in [1.165, 1.54) is 18.0 Å². The Morgan fingerprint density at radius 1 is 1.38 bits per heavy atom. The normalized spacial score (nSPS) is 22.4. The summed E-state index contributed by atoms with van der Waals surface area (Å²) < 4.78 is 13.0. The van der Waals surface area contributed by atoms with Crippen molar-refractivity contribution < 1.29 is 4.39 Å². The van der Waals surface area contributed by atoms with Crippen LogP contribution in [0.1, 0.15) is 37.6 Å². The number of pyridine rings is 1. The van der Waals surface area contributed by atoms with Gasteiger partial charge in [-0.15, -0.1) is 0 Å². The maximum absolute atomic E-state index is 13.0. The molecular formula is C16H21FN4. The van der Waals surface area contributed by atoms with E-state index < -0.39 is 0 Å². The summed E-state index contributed by atoms with van der Waals surface area (Å²) in [5, 5.41) is 3.42. The molecule has 1 aliphatic heterocycles. The fourth-order valence-corrected chi connectivity index (χ4v) is 3.06. The molecule has 2 atom stereocenters. The van der Waals surface area contributed by atoms with Gasteiger partial charge in [0, 0.05) is 11.6 Å². The van der Waals surface area contributed by atoms with Gasteiger partial charge in [0.25, 0.3) is 0 Å². The average molecular weight is 288 g/mol. The number of halogens is 1. The number of H-pyrrole nitrogens is 1. The van der Waals surface area contributed by atoms with Crippen molar-refractivity contribution in [3.8, 4) is 11.5 Å². The Kier molecular flexibility index (Phi) is 4.01. The first-order chi connectivity index (χ1) is 10.2. The summed E-state index contributed by atoms with van der Waals surface area (Å²) in [6, 6.07) is 3.09. The predicted molar refractivity (Wildman–Crippen MR) is 80.5 cm³/mol. The molecule has 2 N–H and O–H groups in total. The molecule has 0 spiro atoms. The second-order valence-corrected chi connectivity index (χ2v) is 5.74. The van der Waals surface area contributed by atoms with Gasteiger partial charge >= 0.3 is 0 Å². The third-order valence-electron chi connectivity index (χ3n) is 4.27. The van der Waals surface area contributed by atoms with Gasteiger partial charge in [0.05, 0.1) is 11.9 Å². The maximum atomic E-state index is 13.0. The highest BCUT2D eigenvalue weighted by Crippen LogP contribution is 2.32. The van der Waals surface area contributed by atoms with Crippen molar-refractivity contribution >= 4 is 0 Å². The quantitative estimate of drug-likeness (QED) is 0.913. The molecule has 1 saturated heterocycles. The van der Waals surface area contributed by atoms with Crippen molar-refractivity contribution in [1.82, 2.24) is 20.3 Å².